The summed E-state index contributed by atoms with van der Waals surface area (Å²) < 4.78 is 10.9. The van der Waals surface area contributed by atoms with Gasteiger partial charge in [0.25, 0.3) is 0 Å². The molecular formula is C34H52N2O4. The zero-order valence-electron chi connectivity index (χ0n) is 25.7. The van der Waals surface area contributed by atoms with Crippen molar-refractivity contribution < 1.29 is 19.1 Å². The summed E-state index contributed by atoms with van der Waals surface area (Å²) in [5.41, 5.74) is 3.58. The molecule has 40 heavy (non-hydrogen) atoms. The summed E-state index contributed by atoms with van der Waals surface area (Å²) in [7, 11) is 1.53. The molecule has 1 aromatic rings. The van der Waals surface area contributed by atoms with Crippen LogP contribution in [0.15, 0.2) is 36.4 Å². The van der Waals surface area contributed by atoms with E-state index >= 15 is 0 Å². The van der Waals surface area contributed by atoms with E-state index in [2.05, 4.69) is 68.3 Å². The minimum atomic E-state index is -0.395. The number of methoxy groups -OCH3 is 1. The molecule has 1 saturated heterocycles. The van der Waals surface area contributed by atoms with E-state index < -0.39 is 5.41 Å². The van der Waals surface area contributed by atoms with Crippen molar-refractivity contribution in [2.45, 2.75) is 79.1 Å². The zero-order chi connectivity index (χ0) is 28.9. The number of aryl methyl sites for hydroxylation is 1. The lowest BCUT2D eigenvalue weighted by Crippen LogP contribution is -2.53. The molecule has 1 aliphatic heterocycles. The molecule has 6 nitrogen and oxygen atoms in total. The second kappa shape index (κ2) is 13.1. The molecule has 6 heteroatoms. The molecule has 1 heterocycles. The van der Waals surface area contributed by atoms with Crippen LogP contribution < -0.4 is 4.90 Å². The largest absolute Gasteiger partial charge is 0.469 e. The summed E-state index contributed by atoms with van der Waals surface area (Å²) >= 11 is 0. The Morgan fingerprint density at radius 1 is 1.07 bits per heavy atom. The van der Waals surface area contributed by atoms with Crippen molar-refractivity contribution in [3.05, 3.63) is 42.0 Å². The third kappa shape index (κ3) is 6.75. The van der Waals surface area contributed by atoms with Crippen molar-refractivity contribution in [3.8, 4) is 0 Å². The summed E-state index contributed by atoms with van der Waals surface area (Å²) in [5.74, 6) is 1.08. The van der Waals surface area contributed by atoms with Gasteiger partial charge in [0, 0.05) is 31.9 Å². The van der Waals surface area contributed by atoms with Crippen LogP contribution in [0.5, 0.6) is 0 Å². The number of benzene rings is 1. The Morgan fingerprint density at radius 3 is 2.45 bits per heavy atom. The van der Waals surface area contributed by atoms with Gasteiger partial charge in [-0.25, -0.2) is 0 Å². The van der Waals surface area contributed by atoms with Crippen LogP contribution in [0.1, 0.15) is 77.7 Å². The van der Waals surface area contributed by atoms with E-state index in [1.807, 2.05) is 0 Å². The van der Waals surface area contributed by atoms with Gasteiger partial charge in [0.15, 0.2) is 0 Å². The fraction of sp³-hybridized carbons (Fsp3) is 0.706. The topological polar surface area (TPSA) is 59.1 Å². The molecule has 5 atom stereocenters. The van der Waals surface area contributed by atoms with Crippen LogP contribution in [-0.2, 0) is 19.1 Å². The van der Waals surface area contributed by atoms with E-state index in [-0.39, 0.29) is 17.4 Å². The number of esters is 2. The zero-order valence-corrected chi connectivity index (χ0v) is 25.7. The monoisotopic (exact) mass is 552 g/mol. The van der Waals surface area contributed by atoms with Crippen LogP contribution >= 0.6 is 0 Å². The highest BCUT2D eigenvalue weighted by Crippen LogP contribution is 2.62. The van der Waals surface area contributed by atoms with E-state index in [4.69, 9.17) is 9.47 Å². The van der Waals surface area contributed by atoms with Gasteiger partial charge in [0.05, 0.1) is 25.7 Å². The Balaban J connectivity index is 1.18. The maximum Gasteiger partial charge on any atom is 0.320 e. The molecule has 4 rings (SSSR count). The SMILES string of the molecule is C=C1CC[C@@H]2[C@](C)(CCC[C@]2(C)C(=O)OC)[C@H]1CC[C@H](C)CCOC(=O)CN1CCN(c2ccc(C)cc2)CC1. The average molecular weight is 553 g/mol. The van der Waals surface area contributed by atoms with Gasteiger partial charge in [-0.2, -0.15) is 0 Å². The van der Waals surface area contributed by atoms with Crippen molar-refractivity contribution in [1.82, 2.24) is 4.90 Å². The van der Waals surface area contributed by atoms with Gasteiger partial charge in [-0.3, -0.25) is 14.5 Å². The number of carbonyl (C=O) groups excluding carboxylic acids is 2. The van der Waals surface area contributed by atoms with Crippen LogP contribution in [0.3, 0.4) is 0 Å². The lowest BCUT2D eigenvalue weighted by atomic mass is 9.46. The minimum Gasteiger partial charge on any atom is -0.469 e. The number of ether oxygens (including phenoxy) is 2. The number of fused-ring (bicyclic) bond motifs is 1. The minimum absolute atomic E-state index is 0.0435. The molecule has 0 bridgehead atoms. The number of nitrogens with zero attached hydrogens (tertiary/aromatic N) is 2. The highest BCUT2D eigenvalue weighted by Gasteiger charge is 2.57. The van der Waals surface area contributed by atoms with Gasteiger partial charge in [0.2, 0.25) is 0 Å². The van der Waals surface area contributed by atoms with E-state index in [0.717, 1.165) is 77.5 Å². The third-order valence-corrected chi connectivity index (χ3v) is 10.6. The summed E-state index contributed by atoms with van der Waals surface area (Å²) in [5, 5.41) is 0. The summed E-state index contributed by atoms with van der Waals surface area (Å²) in [6.45, 7) is 17.9. The number of piperazine rings is 1. The molecule has 0 N–H and O–H groups in total. The first-order valence-corrected chi connectivity index (χ1v) is 15.5. The Bertz CT molecular complexity index is 1030. The van der Waals surface area contributed by atoms with Gasteiger partial charge in [-0.15, -0.1) is 0 Å². The maximum atomic E-state index is 12.8. The molecule has 0 radical (unpaired) electrons. The maximum absolute atomic E-state index is 12.8. The summed E-state index contributed by atoms with van der Waals surface area (Å²) in [6, 6.07) is 8.66. The molecule has 3 fully saturated rings. The van der Waals surface area contributed by atoms with Gasteiger partial charge < -0.3 is 14.4 Å². The number of carbonyl (C=O) groups is 2. The first-order chi connectivity index (χ1) is 19.1. The molecule has 0 amide bonds. The molecule has 222 valence electrons. The first-order valence-electron chi connectivity index (χ1n) is 15.5. The van der Waals surface area contributed by atoms with Crippen molar-refractivity contribution in [2.24, 2.45) is 28.6 Å². The first kappa shape index (κ1) is 30.6. The van der Waals surface area contributed by atoms with E-state index in [0.29, 0.717) is 30.9 Å². The average Bonchev–Trinajstić information content (AvgIpc) is 2.93. The molecule has 0 spiro atoms. The number of hydrogen-bond donors (Lipinski definition) is 0. The van der Waals surface area contributed by atoms with Crippen molar-refractivity contribution in [1.29, 1.82) is 0 Å². The molecule has 0 aromatic heterocycles. The lowest BCUT2D eigenvalue weighted by molar-refractivity contribution is -0.168. The molecular weight excluding hydrogens is 500 g/mol. The van der Waals surface area contributed by atoms with Crippen molar-refractivity contribution in [2.75, 3.05) is 51.3 Å². The van der Waals surface area contributed by atoms with Crippen molar-refractivity contribution in [3.63, 3.8) is 0 Å². The lowest BCUT2D eigenvalue weighted by Gasteiger charge is -2.57. The molecule has 2 saturated carbocycles. The molecule has 1 aromatic carbocycles. The molecule has 3 aliphatic rings. The molecule has 2 aliphatic carbocycles. The smallest absolute Gasteiger partial charge is 0.320 e. The highest BCUT2D eigenvalue weighted by molar-refractivity contribution is 5.77. The predicted octanol–water partition coefficient (Wildman–Crippen LogP) is 6.42. The predicted molar refractivity (Wildman–Crippen MR) is 161 cm³/mol. The van der Waals surface area contributed by atoms with Crippen LogP contribution in [0.25, 0.3) is 0 Å². The Labute approximate surface area is 242 Å². The Morgan fingerprint density at radius 2 is 1.77 bits per heavy atom. The third-order valence-electron chi connectivity index (χ3n) is 10.6. The van der Waals surface area contributed by atoms with Crippen LogP contribution in [0.2, 0.25) is 0 Å². The molecule has 0 unspecified atom stereocenters. The Hall–Kier alpha value is -2.34. The number of rotatable bonds is 10. The normalized spacial score (nSPS) is 29.9. The van der Waals surface area contributed by atoms with Crippen LogP contribution in [-0.4, -0.2) is 63.3 Å². The van der Waals surface area contributed by atoms with Crippen LogP contribution in [0, 0.1) is 35.5 Å². The van der Waals surface area contributed by atoms with E-state index in [1.54, 1.807) is 0 Å². The quantitative estimate of drug-likeness (QED) is 0.247. The van der Waals surface area contributed by atoms with E-state index in [1.165, 1.54) is 23.9 Å². The van der Waals surface area contributed by atoms with Gasteiger partial charge >= 0.3 is 11.9 Å². The standard InChI is InChI=1S/C34H52N2O4/c1-25-8-12-28(13-9-25)36-21-19-35(20-22-36)24-31(37)40-23-16-26(2)10-14-29-27(3)11-15-30-33(29,4)17-7-18-34(30,5)32(38)39-6/h8-9,12-13,26,29-30H,3,7,10-11,14-24H2,1-2,4-6H3/t26-,29-,30+,33+,34-/m0/s1. The fourth-order valence-corrected chi connectivity index (χ4v) is 8.08. The Kier molecular flexibility index (Phi) is 10.0. The van der Waals surface area contributed by atoms with E-state index in [9.17, 15) is 9.59 Å². The summed E-state index contributed by atoms with van der Waals surface area (Å²) in [4.78, 5) is 30.0. The van der Waals surface area contributed by atoms with Gasteiger partial charge in [-0.05, 0) is 94.1 Å². The van der Waals surface area contributed by atoms with Crippen molar-refractivity contribution >= 4 is 17.6 Å². The van der Waals surface area contributed by atoms with Gasteiger partial charge in [-0.1, -0.05) is 50.1 Å². The highest BCUT2D eigenvalue weighted by atomic mass is 16.5. The number of anilines is 1. The second-order valence-electron chi connectivity index (χ2n) is 13.4. The number of hydrogen-bond acceptors (Lipinski definition) is 6. The van der Waals surface area contributed by atoms with Gasteiger partial charge in [0.1, 0.15) is 0 Å². The summed E-state index contributed by atoms with van der Waals surface area (Å²) in [6.07, 6.45) is 8.22. The fourth-order valence-electron chi connectivity index (χ4n) is 8.08. The number of allylic oxidation sites excluding steroid dienone is 1. The van der Waals surface area contributed by atoms with Crippen LogP contribution in [0.4, 0.5) is 5.69 Å². The second-order valence-corrected chi connectivity index (χ2v) is 13.4.